The number of hydrogen-bond donors (Lipinski definition) is 1. The molecule has 146 valence electrons. The van der Waals surface area contributed by atoms with Crippen molar-refractivity contribution < 1.29 is 9.59 Å². The molecule has 7 heteroatoms. The van der Waals surface area contributed by atoms with Crippen molar-refractivity contribution in [2.45, 2.75) is 6.04 Å². The van der Waals surface area contributed by atoms with Crippen molar-refractivity contribution in [1.82, 2.24) is 4.90 Å². The predicted octanol–water partition coefficient (Wildman–Crippen LogP) is 5.83. The van der Waals surface area contributed by atoms with Gasteiger partial charge in [-0.2, -0.15) is 0 Å². The summed E-state index contributed by atoms with van der Waals surface area (Å²) in [5.41, 5.74) is 2.51. The van der Waals surface area contributed by atoms with Crippen LogP contribution < -0.4 is 5.32 Å². The highest BCUT2D eigenvalue weighted by Crippen LogP contribution is 2.38. The molecule has 0 radical (unpaired) electrons. The molecule has 4 nitrogen and oxygen atoms in total. The summed E-state index contributed by atoms with van der Waals surface area (Å²) in [6.45, 7) is -0.130. The maximum Gasteiger partial charge on any atom is 0.255 e. The van der Waals surface area contributed by atoms with Crippen LogP contribution in [0.15, 0.2) is 66.7 Å². The van der Waals surface area contributed by atoms with E-state index in [9.17, 15) is 9.59 Å². The number of carbonyl (C=O) groups excluding carboxylic acids is 2. The largest absolute Gasteiger partial charge is 0.324 e. The Kier molecular flexibility index (Phi) is 5.50. The van der Waals surface area contributed by atoms with Gasteiger partial charge < -0.3 is 10.2 Å². The summed E-state index contributed by atoms with van der Waals surface area (Å²) in [4.78, 5) is 27.6. The number of nitrogens with zero attached hydrogens (tertiary/aromatic N) is 1. The number of carbonyl (C=O) groups is 2. The number of halogens is 3. The summed E-state index contributed by atoms with van der Waals surface area (Å²) >= 11 is 18.4. The molecular formula is C22H15Cl3N2O2. The topological polar surface area (TPSA) is 49.4 Å². The van der Waals surface area contributed by atoms with Gasteiger partial charge in [-0.1, -0.05) is 65.1 Å². The molecule has 4 rings (SSSR count). The third-order valence-corrected chi connectivity index (χ3v) is 5.37. The lowest BCUT2D eigenvalue weighted by Crippen LogP contribution is -2.39. The molecule has 0 fully saturated rings. The van der Waals surface area contributed by atoms with E-state index < -0.39 is 6.04 Å². The van der Waals surface area contributed by atoms with Crippen molar-refractivity contribution >= 4 is 52.3 Å². The third kappa shape index (κ3) is 4.10. The number of anilines is 1. The monoisotopic (exact) mass is 444 g/mol. The lowest BCUT2D eigenvalue weighted by molar-refractivity contribution is -0.117. The van der Waals surface area contributed by atoms with Crippen LogP contribution in [-0.4, -0.2) is 23.3 Å². The minimum atomic E-state index is -0.519. The second-order valence-corrected chi connectivity index (χ2v) is 7.99. The standard InChI is InChI=1S/C22H15Cl3N2O2/c23-15-6-7-19-18(11-15)21(13-4-2-1-3-5-13)27(12-20(28)26-19)22(29)14-8-16(24)10-17(25)9-14/h1-11,21H,12H2,(H,26,28)/t21-/m1/s1. The van der Waals surface area contributed by atoms with E-state index >= 15 is 0 Å². The van der Waals surface area contributed by atoms with Gasteiger partial charge in [-0.05, 0) is 42.0 Å². The van der Waals surface area contributed by atoms with E-state index in [-0.39, 0.29) is 18.4 Å². The summed E-state index contributed by atoms with van der Waals surface area (Å²) in [7, 11) is 0. The van der Waals surface area contributed by atoms with Crippen molar-refractivity contribution in [1.29, 1.82) is 0 Å². The van der Waals surface area contributed by atoms with Crippen molar-refractivity contribution in [2.75, 3.05) is 11.9 Å². The Morgan fingerprint density at radius 2 is 1.59 bits per heavy atom. The average molecular weight is 446 g/mol. The molecule has 0 unspecified atom stereocenters. The first-order chi connectivity index (χ1) is 13.9. The molecular weight excluding hydrogens is 431 g/mol. The maximum atomic E-state index is 13.5. The number of hydrogen-bond acceptors (Lipinski definition) is 2. The quantitative estimate of drug-likeness (QED) is 0.539. The molecule has 1 heterocycles. The molecule has 0 saturated heterocycles. The molecule has 1 aliphatic rings. The zero-order valence-electron chi connectivity index (χ0n) is 15.0. The summed E-state index contributed by atoms with van der Waals surface area (Å²) in [5, 5.41) is 4.07. The van der Waals surface area contributed by atoms with E-state index in [0.717, 1.165) is 11.1 Å². The first-order valence-corrected chi connectivity index (χ1v) is 9.97. The molecule has 3 aromatic rings. The van der Waals surface area contributed by atoms with Gasteiger partial charge in [0, 0.05) is 31.9 Å². The minimum absolute atomic E-state index is 0.130. The fourth-order valence-corrected chi connectivity index (χ4v) is 4.21. The lowest BCUT2D eigenvalue weighted by atomic mass is 9.95. The summed E-state index contributed by atoms with van der Waals surface area (Å²) in [5.74, 6) is -0.653. The Labute approximate surface area is 183 Å². The zero-order chi connectivity index (χ0) is 20.5. The van der Waals surface area contributed by atoms with Crippen molar-refractivity contribution in [3.05, 3.63) is 98.5 Å². The van der Waals surface area contributed by atoms with Crippen LogP contribution in [0.4, 0.5) is 5.69 Å². The zero-order valence-corrected chi connectivity index (χ0v) is 17.3. The molecule has 0 aromatic heterocycles. The fraction of sp³-hybridized carbons (Fsp3) is 0.0909. The molecule has 2 amide bonds. The fourth-order valence-electron chi connectivity index (χ4n) is 3.50. The SMILES string of the molecule is O=C1CN(C(=O)c2cc(Cl)cc(Cl)c2)[C@H](c2ccccc2)c2cc(Cl)ccc2N1. The normalized spacial score (nSPS) is 16.0. The van der Waals surface area contributed by atoms with Gasteiger partial charge in [0.1, 0.15) is 6.54 Å². The van der Waals surface area contributed by atoms with Crippen LogP contribution in [0.25, 0.3) is 0 Å². The van der Waals surface area contributed by atoms with Crippen LogP contribution >= 0.6 is 34.8 Å². The third-order valence-electron chi connectivity index (χ3n) is 4.69. The number of nitrogens with one attached hydrogen (secondary N) is 1. The van der Waals surface area contributed by atoms with E-state index in [4.69, 9.17) is 34.8 Å². The van der Waals surface area contributed by atoms with Crippen LogP contribution in [0.3, 0.4) is 0 Å². The molecule has 29 heavy (non-hydrogen) atoms. The Morgan fingerprint density at radius 1 is 0.897 bits per heavy atom. The number of amides is 2. The van der Waals surface area contributed by atoms with E-state index in [0.29, 0.717) is 26.3 Å². The molecule has 0 saturated carbocycles. The summed E-state index contributed by atoms with van der Waals surface area (Å²) < 4.78 is 0. The molecule has 1 atom stereocenters. The molecule has 1 N–H and O–H groups in total. The summed E-state index contributed by atoms with van der Waals surface area (Å²) in [6.07, 6.45) is 0. The minimum Gasteiger partial charge on any atom is -0.324 e. The van der Waals surface area contributed by atoms with Gasteiger partial charge in [0.05, 0.1) is 6.04 Å². The van der Waals surface area contributed by atoms with Crippen molar-refractivity contribution in [3.8, 4) is 0 Å². The van der Waals surface area contributed by atoms with Crippen molar-refractivity contribution in [3.63, 3.8) is 0 Å². The molecule has 0 spiro atoms. The second kappa shape index (κ2) is 8.07. The van der Waals surface area contributed by atoms with Gasteiger partial charge >= 0.3 is 0 Å². The first-order valence-electron chi connectivity index (χ1n) is 8.83. The van der Waals surface area contributed by atoms with Gasteiger partial charge in [-0.3, -0.25) is 9.59 Å². The van der Waals surface area contributed by atoms with E-state index in [2.05, 4.69) is 5.32 Å². The van der Waals surface area contributed by atoms with Crippen LogP contribution in [0, 0.1) is 0 Å². The van der Waals surface area contributed by atoms with Crippen LogP contribution in [-0.2, 0) is 4.79 Å². The van der Waals surface area contributed by atoms with Crippen LogP contribution in [0.1, 0.15) is 27.5 Å². The maximum absolute atomic E-state index is 13.5. The number of rotatable bonds is 2. The first kappa shape index (κ1) is 19.8. The number of fused-ring (bicyclic) bond motifs is 1. The van der Waals surface area contributed by atoms with Gasteiger partial charge in [0.15, 0.2) is 0 Å². The van der Waals surface area contributed by atoms with E-state index in [1.54, 1.807) is 36.4 Å². The van der Waals surface area contributed by atoms with Crippen LogP contribution in [0.2, 0.25) is 15.1 Å². The highest BCUT2D eigenvalue weighted by molar-refractivity contribution is 6.35. The number of benzene rings is 3. The lowest BCUT2D eigenvalue weighted by Gasteiger charge is -2.31. The highest BCUT2D eigenvalue weighted by atomic mass is 35.5. The van der Waals surface area contributed by atoms with E-state index in [1.165, 1.54) is 4.90 Å². The van der Waals surface area contributed by atoms with Gasteiger partial charge in [0.2, 0.25) is 5.91 Å². The average Bonchev–Trinajstić information content (AvgIpc) is 2.83. The van der Waals surface area contributed by atoms with Gasteiger partial charge in [-0.25, -0.2) is 0 Å². The van der Waals surface area contributed by atoms with Gasteiger partial charge in [0.25, 0.3) is 5.91 Å². The second-order valence-electron chi connectivity index (χ2n) is 6.68. The summed E-state index contributed by atoms with van der Waals surface area (Å²) in [6, 6.07) is 18.8. The molecule has 3 aromatic carbocycles. The Morgan fingerprint density at radius 3 is 2.28 bits per heavy atom. The molecule has 0 aliphatic carbocycles. The smallest absolute Gasteiger partial charge is 0.255 e. The van der Waals surface area contributed by atoms with E-state index in [1.807, 2.05) is 30.3 Å². The Hall–Kier alpha value is -2.53. The van der Waals surface area contributed by atoms with Crippen LogP contribution in [0.5, 0.6) is 0 Å². The predicted molar refractivity (Wildman–Crippen MR) is 116 cm³/mol. The molecule has 1 aliphatic heterocycles. The Balaban J connectivity index is 1.90. The highest BCUT2D eigenvalue weighted by Gasteiger charge is 2.34. The Bertz CT molecular complexity index is 1080. The van der Waals surface area contributed by atoms with Gasteiger partial charge in [-0.15, -0.1) is 0 Å². The van der Waals surface area contributed by atoms with Crippen molar-refractivity contribution in [2.24, 2.45) is 0 Å². The molecule has 0 bridgehead atoms.